The van der Waals surface area contributed by atoms with Crippen molar-refractivity contribution in [1.82, 2.24) is 19.4 Å². The number of likely N-dealkylation sites (tertiary alicyclic amines) is 2. The van der Waals surface area contributed by atoms with E-state index in [0.29, 0.717) is 11.3 Å². The van der Waals surface area contributed by atoms with Gasteiger partial charge in [0.05, 0.1) is 6.54 Å². The van der Waals surface area contributed by atoms with Crippen LogP contribution in [0.5, 0.6) is 0 Å². The summed E-state index contributed by atoms with van der Waals surface area (Å²) in [4.78, 5) is 9.79. The number of benzene rings is 1. The summed E-state index contributed by atoms with van der Waals surface area (Å²) in [5, 5.41) is 0. The Morgan fingerprint density at radius 1 is 1.12 bits per heavy atom. The molecular formula is C22H32N4. The average Bonchev–Trinajstić information content (AvgIpc) is 3.09. The minimum absolute atomic E-state index is 0.493. The van der Waals surface area contributed by atoms with Crippen LogP contribution in [0.3, 0.4) is 0 Å². The number of piperidine rings is 2. The topological polar surface area (TPSA) is 24.3 Å². The van der Waals surface area contributed by atoms with Crippen LogP contribution in [0.25, 0.3) is 0 Å². The Labute approximate surface area is 157 Å². The van der Waals surface area contributed by atoms with Crippen LogP contribution in [0, 0.1) is 5.41 Å². The third-order valence-corrected chi connectivity index (χ3v) is 6.64. The van der Waals surface area contributed by atoms with E-state index >= 15 is 0 Å². The molecule has 26 heavy (non-hydrogen) atoms. The molecule has 0 amide bonds. The van der Waals surface area contributed by atoms with E-state index in [-0.39, 0.29) is 0 Å². The van der Waals surface area contributed by atoms with Gasteiger partial charge in [0.25, 0.3) is 0 Å². The van der Waals surface area contributed by atoms with Crippen LogP contribution in [-0.4, -0.2) is 52.1 Å². The molecule has 2 fully saturated rings. The molecule has 0 radical (unpaired) electrons. The van der Waals surface area contributed by atoms with Gasteiger partial charge >= 0.3 is 0 Å². The summed E-state index contributed by atoms with van der Waals surface area (Å²) < 4.78 is 2.15. The highest BCUT2D eigenvalue weighted by molar-refractivity contribution is 5.21. The maximum Gasteiger partial charge on any atom is 0.122 e. The van der Waals surface area contributed by atoms with Gasteiger partial charge < -0.3 is 9.47 Å². The van der Waals surface area contributed by atoms with Crippen LogP contribution < -0.4 is 0 Å². The van der Waals surface area contributed by atoms with Gasteiger partial charge in [0.15, 0.2) is 0 Å². The molecule has 0 bridgehead atoms. The van der Waals surface area contributed by atoms with Gasteiger partial charge in [-0.3, -0.25) is 4.90 Å². The highest BCUT2D eigenvalue weighted by atomic mass is 15.2. The van der Waals surface area contributed by atoms with Gasteiger partial charge in [0, 0.05) is 32.5 Å². The Balaban J connectivity index is 1.43. The van der Waals surface area contributed by atoms with Gasteiger partial charge in [-0.25, -0.2) is 4.98 Å². The molecule has 2 aliphatic heterocycles. The quantitative estimate of drug-likeness (QED) is 0.841. The molecule has 0 N–H and O–H groups in total. The summed E-state index contributed by atoms with van der Waals surface area (Å²) in [5.74, 6) is 1.87. The monoisotopic (exact) mass is 352 g/mol. The van der Waals surface area contributed by atoms with E-state index in [9.17, 15) is 0 Å². The second kappa shape index (κ2) is 7.53. The number of hydrogen-bond donors (Lipinski definition) is 0. The Morgan fingerprint density at radius 3 is 2.54 bits per heavy atom. The molecule has 140 valence electrons. The molecular weight excluding hydrogens is 320 g/mol. The van der Waals surface area contributed by atoms with Crippen molar-refractivity contribution >= 4 is 0 Å². The Bertz CT molecular complexity index is 700. The summed E-state index contributed by atoms with van der Waals surface area (Å²) in [7, 11) is 2.10. The largest absolute Gasteiger partial charge is 0.337 e. The number of hydrogen-bond acceptors (Lipinski definition) is 3. The molecule has 3 heterocycles. The molecule has 1 aromatic carbocycles. The van der Waals surface area contributed by atoms with E-state index in [0.717, 1.165) is 6.54 Å². The smallest absolute Gasteiger partial charge is 0.122 e. The molecule has 0 aliphatic carbocycles. The Hall–Kier alpha value is -1.65. The van der Waals surface area contributed by atoms with E-state index in [2.05, 4.69) is 63.7 Å². The summed E-state index contributed by atoms with van der Waals surface area (Å²) in [6.07, 6.45) is 7.94. The molecule has 4 nitrogen and oxygen atoms in total. The van der Waals surface area contributed by atoms with Gasteiger partial charge in [-0.2, -0.15) is 0 Å². The third kappa shape index (κ3) is 3.72. The normalized spacial score (nSPS) is 24.2. The first kappa shape index (κ1) is 17.7. The van der Waals surface area contributed by atoms with Gasteiger partial charge in [-0.05, 0) is 55.8 Å². The zero-order valence-electron chi connectivity index (χ0n) is 16.3. The molecule has 1 spiro atoms. The summed E-state index contributed by atoms with van der Waals surface area (Å²) >= 11 is 0. The molecule has 4 rings (SSSR count). The van der Waals surface area contributed by atoms with Crippen molar-refractivity contribution < 1.29 is 0 Å². The van der Waals surface area contributed by atoms with E-state index < -0.39 is 0 Å². The van der Waals surface area contributed by atoms with Crippen molar-refractivity contribution in [1.29, 1.82) is 0 Å². The van der Waals surface area contributed by atoms with Crippen molar-refractivity contribution in [3.63, 3.8) is 0 Å². The summed E-state index contributed by atoms with van der Waals surface area (Å²) in [5.41, 5.74) is 2.02. The fourth-order valence-electron chi connectivity index (χ4n) is 4.99. The first-order valence-electron chi connectivity index (χ1n) is 10.1. The predicted octanol–water partition coefficient (Wildman–Crippen LogP) is 3.51. The molecule has 1 aromatic heterocycles. The van der Waals surface area contributed by atoms with Crippen molar-refractivity contribution in [3.05, 3.63) is 54.1 Å². The maximum absolute atomic E-state index is 4.50. The van der Waals surface area contributed by atoms with Crippen LogP contribution in [-0.2, 0) is 13.6 Å². The molecule has 2 aliphatic rings. The van der Waals surface area contributed by atoms with Crippen molar-refractivity contribution in [2.75, 3.05) is 32.7 Å². The molecule has 1 unspecified atom stereocenters. The average molecular weight is 353 g/mol. The van der Waals surface area contributed by atoms with Crippen molar-refractivity contribution in [3.8, 4) is 0 Å². The first-order valence-corrected chi connectivity index (χ1v) is 10.1. The van der Waals surface area contributed by atoms with Gasteiger partial charge in [-0.1, -0.05) is 37.3 Å². The molecule has 0 saturated carbocycles. The lowest BCUT2D eigenvalue weighted by molar-refractivity contribution is 0.0130. The lowest BCUT2D eigenvalue weighted by atomic mass is 9.68. The molecule has 2 aromatic rings. The second-order valence-corrected chi connectivity index (χ2v) is 8.37. The molecule has 4 heteroatoms. The SMILES string of the molecule is CCN1CC(c2ccccc2)CC2(CCN(Cc3nccn3C)CC2)C1. The van der Waals surface area contributed by atoms with Gasteiger partial charge in [0.1, 0.15) is 5.82 Å². The lowest BCUT2D eigenvalue weighted by Gasteiger charge is -2.50. The van der Waals surface area contributed by atoms with E-state index in [1.165, 1.54) is 63.4 Å². The zero-order valence-corrected chi connectivity index (χ0v) is 16.3. The number of likely N-dealkylation sites (N-methyl/N-ethyl adjacent to an activating group) is 1. The summed E-state index contributed by atoms with van der Waals surface area (Å²) in [6.45, 7) is 9.37. The molecule has 2 saturated heterocycles. The van der Waals surface area contributed by atoms with E-state index in [4.69, 9.17) is 0 Å². The summed E-state index contributed by atoms with van der Waals surface area (Å²) in [6, 6.07) is 11.2. The second-order valence-electron chi connectivity index (χ2n) is 8.37. The minimum atomic E-state index is 0.493. The van der Waals surface area contributed by atoms with E-state index in [1.807, 2.05) is 12.4 Å². The Morgan fingerprint density at radius 2 is 1.88 bits per heavy atom. The lowest BCUT2D eigenvalue weighted by Crippen LogP contribution is -2.51. The van der Waals surface area contributed by atoms with Crippen molar-refractivity contribution in [2.45, 2.75) is 38.6 Å². The van der Waals surface area contributed by atoms with Crippen LogP contribution in [0.15, 0.2) is 42.7 Å². The minimum Gasteiger partial charge on any atom is -0.337 e. The number of aromatic nitrogens is 2. The highest BCUT2D eigenvalue weighted by Crippen LogP contribution is 2.45. The van der Waals surface area contributed by atoms with Crippen LogP contribution in [0.4, 0.5) is 0 Å². The van der Waals surface area contributed by atoms with Gasteiger partial charge in [-0.15, -0.1) is 0 Å². The number of nitrogens with zero attached hydrogens (tertiary/aromatic N) is 4. The van der Waals surface area contributed by atoms with Gasteiger partial charge in [0.2, 0.25) is 0 Å². The maximum atomic E-state index is 4.50. The number of rotatable bonds is 4. The van der Waals surface area contributed by atoms with Crippen molar-refractivity contribution in [2.24, 2.45) is 12.5 Å². The number of imidazole rings is 1. The van der Waals surface area contributed by atoms with Crippen LogP contribution in [0.2, 0.25) is 0 Å². The highest BCUT2D eigenvalue weighted by Gasteiger charge is 2.41. The number of aryl methyl sites for hydroxylation is 1. The Kier molecular flexibility index (Phi) is 5.14. The fourth-order valence-corrected chi connectivity index (χ4v) is 4.99. The van der Waals surface area contributed by atoms with Crippen LogP contribution >= 0.6 is 0 Å². The zero-order chi connectivity index (χ0) is 18.0. The fraction of sp³-hybridized carbons (Fsp3) is 0.591. The predicted molar refractivity (Wildman–Crippen MR) is 106 cm³/mol. The van der Waals surface area contributed by atoms with E-state index in [1.54, 1.807) is 0 Å². The molecule has 1 atom stereocenters. The first-order chi connectivity index (χ1) is 12.7. The standard InChI is InChI=1S/C22H32N4/c1-3-25-16-20(19-7-5-4-6-8-19)15-22(18-25)9-12-26(13-10-22)17-21-23-11-14-24(21)2/h4-8,11,14,20H,3,9-10,12-13,15-18H2,1-2H3. The third-order valence-electron chi connectivity index (χ3n) is 6.64. The van der Waals surface area contributed by atoms with Crippen LogP contribution in [0.1, 0.15) is 43.5 Å².